The summed E-state index contributed by atoms with van der Waals surface area (Å²) in [4.78, 5) is 12.0. The smallest absolute Gasteiger partial charge is 0.338 e. The first-order valence-corrected chi connectivity index (χ1v) is 7.56. The number of halogens is 1. The summed E-state index contributed by atoms with van der Waals surface area (Å²) in [7, 11) is 1.57. The van der Waals surface area contributed by atoms with Crippen LogP contribution in [0.2, 0.25) is 5.02 Å². The zero-order valence-corrected chi connectivity index (χ0v) is 13.6. The van der Waals surface area contributed by atoms with Crippen molar-refractivity contribution < 1.29 is 18.8 Å². The third-order valence-electron chi connectivity index (χ3n) is 3.36. The molecule has 0 aliphatic rings. The number of carbonyl (C=O) groups is 1. The molecule has 0 radical (unpaired) electrons. The number of rotatable bonds is 5. The summed E-state index contributed by atoms with van der Waals surface area (Å²) in [5, 5.41) is 4.55. The highest BCUT2D eigenvalue weighted by Crippen LogP contribution is 2.22. The Morgan fingerprint density at radius 2 is 1.83 bits per heavy atom. The average molecular weight is 344 g/mol. The number of esters is 1. The van der Waals surface area contributed by atoms with E-state index >= 15 is 0 Å². The Hall–Kier alpha value is -2.79. The molecule has 0 unspecified atom stereocenters. The molecule has 1 aromatic heterocycles. The molecule has 0 aliphatic carbocycles. The zero-order valence-electron chi connectivity index (χ0n) is 12.9. The van der Waals surface area contributed by atoms with E-state index in [9.17, 15) is 4.79 Å². The van der Waals surface area contributed by atoms with Crippen LogP contribution in [0.1, 0.15) is 16.1 Å². The van der Waals surface area contributed by atoms with Crippen LogP contribution in [0.5, 0.6) is 5.75 Å². The molecule has 0 atom stereocenters. The van der Waals surface area contributed by atoms with Gasteiger partial charge in [0.25, 0.3) is 0 Å². The number of aromatic nitrogens is 1. The van der Waals surface area contributed by atoms with Crippen molar-refractivity contribution in [1.29, 1.82) is 0 Å². The SMILES string of the molecule is COc1ccc(C(=O)OCc2cc(-c3ccc(Cl)cc3)on2)cc1. The maximum Gasteiger partial charge on any atom is 0.338 e. The lowest BCUT2D eigenvalue weighted by Crippen LogP contribution is -2.05. The lowest BCUT2D eigenvalue weighted by Gasteiger charge is -2.03. The predicted octanol–water partition coefficient (Wildman–Crippen LogP) is 4.36. The van der Waals surface area contributed by atoms with Gasteiger partial charge in [0.2, 0.25) is 0 Å². The number of methoxy groups -OCH3 is 1. The molecule has 0 saturated heterocycles. The first-order chi connectivity index (χ1) is 11.7. The van der Waals surface area contributed by atoms with Gasteiger partial charge in [-0.3, -0.25) is 0 Å². The van der Waals surface area contributed by atoms with Gasteiger partial charge >= 0.3 is 5.97 Å². The molecule has 0 spiro atoms. The highest BCUT2D eigenvalue weighted by atomic mass is 35.5. The summed E-state index contributed by atoms with van der Waals surface area (Å²) in [6, 6.07) is 15.6. The van der Waals surface area contributed by atoms with Crippen molar-refractivity contribution in [3.05, 3.63) is 70.9 Å². The molecular formula is C18H14ClNO4. The van der Waals surface area contributed by atoms with E-state index in [4.69, 9.17) is 25.6 Å². The summed E-state index contributed by atoms with van der Waals surface area (Å²) >= 11 is 5.85. The molecule has 24 heavy (non-hydrogen) atoms. The van der Waals surface area contributed by atoms with Gasteiger partial charge in [0.1, 0.15) is 18.1 Å². The summed E-state index contributed by atoms with van der Waals surface area (Å²) in [5.74, 6) is 0.825. The fourth-order valence-electron chi connectivity index (χ4n) is 2.08. The normalized spacial score (nSPS) is 10.4. The van der Waals surface area contributed by atoms with Crippen LogP contribution in [-0.4, -0.2) is 18.2 Å². The van der Waals surface area contributed by atoms with Gasteiger partial charge < -0.3 is 14.0 Å². The van der Waals surface area contributed by atoms with Crippen LogP contribution in [0.15, 0.2) is 59.1 Å². The fourth-order valence-corrected chi connectivity index (χ4v) is 2.21. The Morgan fingerprint density at radius 1 is 1.12 bits per heavy atom. The van der Waals surface area contributed by atoms with E-state index in [1.807, 2.05) is 12.1 Å². The average Bonchev–Trinajstić information content (AvgIpc) is 3.09. The van der Waals surface area contributed by atoms with E-state index < -0.39 is 5.97 Å². The van der Waals surface area contributed by atoms with Crippen LogP contribution in [-0.2, 0) is 11.3 Å². The molecule has 0 amide bonds. The highest BCUT2D eigenvalue weighted by molar-refractivity contribution is 6.30. The van der Waals surface area contributed by atoms with Crippen LogP contribution in [0.25, 0.3) is 11.3 Å². The molecule has 0 N–H and O–H groups in total. The summed E-state index contributed by atoms with van der Waals surface area (Å²) in [6.07, 6.45) is 0. The molecular weight excluding hydrogens is 330 g/mol. The van der Waals surface area contributed by atoms with Gasteiger partial charge in [0.05, 0.1) is 12.7 Å². The molecule has 0 saturated carbocycles. The molecule has 5 nitrogen and oxygen atoms in total. The number of carbonyl (C=O) groups excluding carboxylic acids is 1. The first kappa shape index (κ1) is 16.1. The Labute approximate surface area is 143 Å². The Morgan fingerprint density at radius 3 is 2.50 bits per heavy atom. The highest BCUT2D eigenvalue weighted by Gasteiger charge is 2.11. The molecule has 122 valence electrons. The van der Waals surface area contributed by atoms with Crippen molar-refractivity contribution in [3.63, 3.8) is 0 Å². The van der Waals surface area contributed by atoms with Crippen LogP contribution in [0.3, 0.4) is 0 Å². The van der Waals surface area contributed by atoms with Gasteiger partial charge in [-0.15, -0.1) is 0 Å². The minimum atomic E-state index is -0.436. The van der Waals surface area contributed by atoms with Crippen molar-refractivity contribution in [1.82, 2.24) is 5.16 Å². The summed E-state index contributed by atoms with van der Waals surface area (Å²) < 4.78 is 15.5. The van der Waals surface area contributed by atoms with Crippen LogP contribution >= 0.6 is 11.6 Å². The minimum absolute atomic E-state index is 0.0297. The Balaban J connectivity index is 1.62. The lowest BCUT2D eigenvalue weighted by molar-refractivity contribution is 0.0464. The van der Waals surface area contributed by atoms with E-state index in [-0.39, 0.29) is 6.61 Å². The van der Waals surface area contributed by atoms with Crippen LogP contribution in [0.4, 0.5) is 0 Å². The third kappa shape index (κ3) is 3.75. The van der Waals surface area contributed by atoms with Gasteiger partial charge in [-0.2, -0.15) is 0 Å². The molecule has 3 aromatic rings. The molecule has 3 rings (SSSR count). The van der Waals surface area contributed by atoms with Gasteiger partial charge in [0.15, 0.2) is 5.76 Å². The molecule has 0 bridgehead atoms. The third-order valence-corrected chi connectivity index (χ3v) is 3.62. The largest absolute Gasteiger partial charge is 0.497 e. The second-order valence-electron chi connectivity index (χ2n) is 4.99. The first-order valence-electron chi connectivity index (χ1n) is 7.18. The predicted molar refractivity (Wildman–Crippen MR) is 89.1 cm³/mol. The minimum Gasteiger partial charge on any atom is -0.497 e. The monoisotopic (exact) mass is 343 g/mol. The Bertz CT molecular complexity index is 825. The van der Waals surface area contributed by atoms with E-state index in [1.165, 1.54) is 0 Å². The van der Waals surface area contributed by atoms with E-state index in [2.05, 4.69) is 5.16 Å². The van der Waals surface area contributed by atoms with Crippen molar-refractivity contribution in [2.24, 2.45) is 0 Å². The van der Waals surface area contributed by atoms with Crippen LogP contribution in [0, 0.1) is 0 Å². The number of nitrogens with zero attached hydrogens (tertiary/aromatic N) is 1. The number of benzene rings is 2. The van der Waals surface area contributed by atoms with Crippen LogP contribution < -0.4 is 4.74 Å². The van der Waals surface area contributed by atoms with E-state index in [1.54, 1.807) is 49.6 Å². The number of hydrogen-bond donors (Lipinski definition) is 0. The molecule has 6 heteroatoms. The molecule has 0 aliphatic heterocycles. The summed E-state index contributed by atoms with van der Waals surface area (Å²) in [5.41, 5.74) is 1.82. The molecule has 2 aromatic carbocycles. The van der Waals surface area contributed by atoms with E-state index in [0.29, 0.717) is 27.8 Å². The lowest BCUT2D eigenvalue weighted by atomic mass is 10.2. The zero-order chi connectivity index (χ0) is 16.9. The van der Waals surface area contributed by atoms with E-state index in [0.717, 1.165) is 5.56 Å². The van der Waals surface area contributed by atoms with Crippen molar-refractivity contribution in [2.45, 2.75) is 6.61 Å². The second-order valence-corrected chi connectivity index (χ2v) is 5.43. The maximum absolute atomic E-state index is 12.0. The molecule has 1 heterocycles. The van der Waals surface area contributed by atoms with Crippen molar-refractivity contribution >= 4 is 17.6 Å². The van der Waals surface area contributed by atoms with Gasteiger partial charge in [-0.05, 0) is 48.5 Å². The summed E-state index contributed by atoms with van der Waals surface area (Å²) in [6.45, 7) is 0.0297. The van der Waals surface area contributed by atoms with Gasteiger partial charge in [0, 0.05) is 16.7 Å². The Kier molecular flexibility index (Phi) is 4.82. The topological polar surface area (TPSA) is 61.6 Å². The quantitative estimate of drug-likeness (QED) is 0.644. The van der Waals surface area contributed by atoms with Gasteiger partial charge in [-0.1, -0.05) is 16.8 Å². The second kappa shape index (κ2) is 7.19. The maximum atomic E-state index is 12.0. The molecule has 0 fully saturated rings. The van der Waals surface area contributed by atoms with Crippen molar-refractivity contribution in [3.8, 4) is 17.1 Å². The number of ether oxygens (including phenoxy) is 2. The van der Waals surface area contributed by atoms with Crippen molar-refractivity contribution in [2.75, 3.05) is 7.11 Å². The van der Waals surface area contributed by atoms with Gasteiger partial charge in [-0.25, -0.2) is 4.79 Å². The standard InChI is InChI=1S/C18H14ClNO4/c1-22-16-8-4-13(5-9-16)18(21)23-11-15-10-17(24-20-15)12-2-6-14(19)7-3-12/h2-10H,11H2,1H3. The number of hydrogen-bond acceptors (Lipinski definition) is 5. The fraction of sp³-hybridized carbons (Fsp3) is 0.111.